The van der Waals surface area contributed by atoms with Crippen molar-refractivity contribution in [3.05, 3.63) is 63.6 Å². The minimum atomic E-state index is -2.72. The monoisotopic (exact) mass is 594 g/mol. The number of fused-ring (bicyclic) bond motifs is 3. The van der Waals surface area contributed by atoms with Crippen molar-refractivity contribution < 1.29 is 45.0 Å². The van der Waals surface area contributed by atoms with Gasteiger partial charge in [0.05, 0.1) is 17.3 Å². The van der Waals surface area contributed by atoms with Crippen LogP contribution in [0.3, 0.4) is 0 Å². The molecule has 0 saturated heterocycles. The van der Waals surface area contributed by atoms with Gasteiger partial charge in [-0.25, -0.2) is 0 Å². The van der Waals surface area contributed by atoms with Crippen molar-refractivity contribution in [3.63, 3.8) is 0 Å². The summed E-state index contributed by atoms with van der Waals surface area (Å²) in [6.07, 6.45) is 0.144. The summed E-state index contributed by atoms with van der Waals surface area (Å²) >= 11 is 0. The number of likely N-dealkylation sites (N-methyl/N-ethyl adjacent to an activating group) is 1. The van der Waals surface area contributed by atoms with Crippen LogP contribution in [0.4, 0.5) is 11.4 Å². The number of carbonyl (C=O) groups is 3. The number of hydrogen-bond donors (Lipinski definition) is 8. The average Bonchev–Trinajstić information content (AvgIpc) is 2.91. The summed E-state index contributed by atoms with van der Waals surface area (Å²) in [7, 11) is 6.67. The maximum atomic E-state index is 14.1. The molecule has 5 rings (SSSR count). The molecule has 0 aliphatic heterocycles. The zero-order chi connectivity index (χ0) is 31.7. The number of nitrogens with two attached hydrogens (primary N) is 1. The van der Waals surface area contributed by atoms with E-state index in [-0.39, 0.29) is 47.7 Å². The standard InChI is InChI=1S/C30H34N4O9/c1-33(2)17-10-16(32-11-12-5-6-18(35)19(36)7-12)24(37)21-14(17)8-13-9-15-23(34(3)4)26(39)22(29(31)42)28(41)30(15,43)27(40)20(13)25(21)38/h5-7,10,13,15,23,32,35-37,39-40,43H,8-9,11H2,1-4H3,(H2,31,42)/t13-,15-,23-,30-/m0/s1. The van der Waals surface area contributed by atoms with Gasteiger partial charge in [-0.3, -0.25) is 19.3 Å². The summed E-state index contributed by atoms with van der Waals surface area (Å²) in [6.45, 7) is 0.103. The molecule has 13 heteroatoms. The van der Waals surface area contributed by atoms with Crippen molar-refractivity contribution in [3.8, 4) is 17.2 Å². The van der Waals surface area contributed by atoms with E-state index in [0.29, 0.717) is 16.8 Å². The largest absolute Gasteiger partial charge is 0.510 e. The molecule has 1 amide bonds. The van der Waals surface area contributed by atoms with Gasteiger partial charge in [0.25, 0.3) is 5.91 Å². The number of Topliss-reactive ketones (excluding diaryl/α,β-unsaturated/α-hetero) is 2. The van der Waals surface area contributed by atoms with E-state index in [0.717, 1.165) is 0 Å². The van der Waals surface area contributed by atoms with E-state index in [1.165, 1.54) is 17.0 Å². The zero-order valence-corrected chi connectivity index (χ0v) is 24.0. The Hall–Kier alpha value is -4.75. The molecule has 0 aromatic heterocycles. The number of nitrogens with zero attached hydrogens (tertiary/aromatic N) is 2. The number of amides is 1. The summed E-state index contributed by atoms with van der Waals surface area (Å²) in [4.78, 5) is 43.0. The summed E-state index contributed by atoms with van der Waals surface area (Å²) < 4.78 is 0. The predicted octanol–water partition coefficient (Wildman–Crippen LogP) is 1.21. The first-order chi connectivity index (χ1) is 20.1. The van der Waals surface area contributed by atoms with E-state index < -0.39 is 63.8 Å². The SMILES string of the molecule is CN(C)c1cc(NCc2ccc(O)c(O)c2)c(O)c2c1C[C@H]1C[C@H]3[C@H](N(C)C)C(O)=C(C(N)=O)C(=O)[C@@]3(O)C(O)=C1C2=O. The lowest BCUT2D eigenvalue weighted by Gasteiger charge is -2.50. The van der Waals surface area contributed by atoms with Gasteiger partial charge in [0.2, 0.25) is 5.78 Å². The first-order valence-electron chi connectivity index (χ1n) is 13.6. The quantitative estimate of drug-likeness (QED) is 0.175. The second-order valence-corrected chi connectivity index (χ2v) is 11.7. The molecule has 228 valence electrons. The molecule has 0 radical (unpaired) electrons. The zero-order valence-electron chi connectivity index (χ0n) is 24.0. The number of carbonyl (C=O) groups excluding carboxylic acids is 3. The van der Waals surface area contributed by atoms with E-state index >= 15 is 0 Å². The second kappa shape index (κ2) is 10.2. The van der Waals surface area contributed by atoms with Gasteiger partial charge in [0.1, 0.15) is 22.8 Å². The van der Waals surface area contributed by atoms with Crippen molar-refractivity contribution in [1.29, 1.82) is 0 Å². The van der Waals surface area contributed by atoms with E-state index in [9.17, 15) is 45.0 Å². The molecule has 3 aliphatic rings. The van der Waals surface area contributed by atoms with Crippen LogP contribution in [0.15, 0.2) is 46.9 Å². The minimum Gasteiger partial charge on any atom is -0.510 e. The molecule has 0 fully saturated rings. The van der Waals surface area contributed by atoms with Crippen LogP contribution in [-0.2, 0) is 22.6 Å². The molecule has 13 nitrogen and oxygen atoms in total. The Morgan fingerprint density at radius 1 is 1.05 bits per heavy atom. The van der Waals surface area contributed by atoms with Crippen LogP contribution in [0, 0.1) is 11.8 Å². The number of aromatic hydroxyl groups is 3. The summed E-state index contributed by atoms with van der Waals surface area (Å²) in [5.74, 6) is -7.77. The highest BCUT2D eigenvalue weighted by Gasteiger charge is 2.63. The van der Waals surface area contributed by atoms with E-state index in [4.69, 9.17) is 5.73 Å². The molecule has 0 unspecified atom stereocenters. The number of nitrogens with one attached hydrogen (secondary N) is 1. The van der Waals surface area contributed by atoms with Crippen LogP contribution in [0.25, 0.3) is 0 Å². The van der Waals surface area contributed by atoms with Gasteiger partial charge in [0.15, 0.2) is 22.9 Å². The number of hydrogen-bond acceptors (Lipinski definition) is 12. The van der Waals surface area contributed by atoms with Gasteiger partial charge in [0, 0.05) is 37.8 Å². The summed E-state index contributed by atoms with van der Waals surface area (Å²) in [5.41, 5.74) is 3.25. The van der Waals surface area contributed by atoms with Gasteiger partial charge < -0.3 is 46.6 Å². The molecule has 0 bridgehead atoms. The third-order valence-electron chi connectivity index (χ3n) is 8.70. The van der Waals surface area contributed by atoms with Crippen molar-refractivity contribution in [1.82, 2.24) is 4.90 Å². The number of phenolic OH excluding ortho intramolecular Hbond substituents is 3. The number of ketones is 2. The molecule has 9 N–H and O–H groups in total. The number of allylic oxidation sites excluding steroid dienone is 1. The van der Waals surface area contributed by atoms with Gasteiger partial charge >= 0.3 is 0 Å². The number of aliphatic hydroxyl groups is 3. The van der Waals surface area contributed by atoms with E-state index in [1.807, 2.05) is 0 Å². The maximum absolute atomic E-state index is 14.1. The molecular weight excluding hydrogens is 560 g/mol. The van der Waals surface area contributed by atoms with E-state index in [1.54, 1.807) is 45.2 Å². The number of primary amides is 1. The van der Waals surface area contributed by atoms with Crippen LogP contribution in [0.5, 0.6) is 17.2 Å². The Morgan fingerprint density at radius 3 is 2.30 bits per heavy atom. The third-order valence-corrected chi connectivity index (χ3v) is 8.70. The lowest BCUT2D eigenvalue weighted by atomic mass is 9.58. The summed E-state index contributed by atoms with van der Waals surface area (Å²) in [5, 5.41) is 68.0. The summed E-state index contributed by atoms with van der Waals surface area (Å²) in [6, 6.07) is 4.82. The molecule has 0 saturated carbocycles. The first-order valence-corrected chi connectivity index (χ1v) is 13.6. The van der Waals surface area contributed by atoms with Crippen molar-refractivity contribution in [2.45, 2.75) is 31.0 Å². The van der Waals surface area contributed by atoms with Gasteiger partial charge in [-0.2, -0.15) is 0 Å². The van der Waals surface area contributed by atoms with Gasteiger partial charge in [-0.15, -0.1) is 0 Å². The van der Waals surface area contributed by atoms with Crippen molar-refractivity contribution in [2.24, 2.45) is 17.6 Å². The Balaban J connectivity index is 1.64. The normalized spacial score (nSPS) is 24.9. The lowest BCUT2D eigenvalue weighted by Crippen LogP contribution is -2.63. The fraction of sp³-hybridized carbons (Fsp3) is 0.367. The Labute approximate surface area is 246 Å². The molecule has 0 spiro atoms. The molecule has 2 aromatic rings. The maximum Gasteiger partial charge on any atom is 0.255 e. The van der Waals surface area contributed by atoms with Crippen LogP contribution in [0.2, 0.25) is 0 Å². The van der Waals surface area contributed by atoms with E-state index in [2.05, 4.69) is 5.32 Å². The highest BCUT2D eigenvalue weighted by atomic mass is 16.3. The first kappa shape index (κ1) is 29.7. The van der Waals surface area contributed by atoms with Gasteiger partial charge in [-0.05, 0) is 62.2 Å². The average molecular weight is 595 g/mol. The molecule has 4 atom stereocenters. The fourth-order valence-corrected chi connectivity index (χ4v) is 6.71. The molecule has 43 heavy (non-hydrogen) atoms. The van der Waals surface area contributed by atoms with Crippen LogP contribution in [0.1, 0.15) is 27.9 Å². The van der Waals surface area contributed by atoms with Crippen LogP contribution >= 0.6 is 0 Å². The van der Waals surface area contributed by atoms with Crippen LogP contribution in [-0.4, -0.2) is 92.8 Å². The highest BCUT2D eigenvalue weighted by molar-refractivity contribution is 6.25. The number of aliphatic hydroxyl groups excluding tert-OH is 2. The molecule has 2 aromatic carbocycles. The predicted molar refractivity (Wildman–Crippen MR) is 155 cm³/mol. The van der Waals surface area contributed by atoms with Crippen molar-refractivity contribution in [2.75, 3.05) is 38.4 Å². The fourth-order valence-electron chi connectivity index (χ4n) is 6.71. The topological polar surface area (TPSA) is 217 Å². The lowest BCUT2D eigenvalue weighted by molar-refractivity contribution is -0.148. The second-order valence-electron chi connectivity index (χ2n) is 11.7. The Bertz CT molecular complexity index is 1640. The van der Waals surface area contributed by atoms with Crippen molar-refractivity contribution >= 4 is 28.8 Å². The number of benzene rings is 2. The third kappa shape index (κ3) is 4.34. The van der Waals surface area contributed by atoms with Crippen LogP contribution < -0.4 is 16.0 Å². The Kier molecular flexibility index (Phi) is 7.06. The number of phenols is 3. The van der Waals surface area contributed by atoms with Gasteiger partial charge in [-0.1, -0.05) is 6.07 Å². The molecule has 3 aliphatic carbocycles. The molecular formula is C30H34N4O9. The molecule has 0 heterocycles. The smallest absolute Gasteiger partial charge is 0.255 e. The number of rotatable bonds is 6. The highest BCUT2D eigenvalue weighted by Crippen LogP contribution is 2.54. The minimum absolute atomic E-state index is 0.0102. The number of anilines is 2. The Morgan fingerprint density at radius 2 is 1.72 bits per heavy atom.